The molecule has 0 amide bonds. The quantitative estimate of drug-likeness (QED) is 0.466. The zero-order valence-corrected chi connectivity index (χ0v) is 19.3. The van der Waals surface area contributed by atoms with E-state index in [0.717, 1.165) is 23.7 Å². The molecule has 0 aromatic heterocycles. The molecule has 2 fully saturated rings. The van der Waals surface area contributed by atoms with Crippen molar-refractivity contribution in [3.05, 3.63) is 35.5 Å². The SMILES string of the molecule is C=C1C2CCC(N)C3=C2C(CCC3)CC(C2CCCCC2)CCC1C1C=CCCC1. The molecule has 0 aliphatic heterocycles. The summed E-state index contributed by atoms with van der Waals surface area (Å²) in [6.45, 7) is 4.88. The number of hydrogen-bond acceptors (Lipinski definition) is 1. The predicted octanol–water partition coefficient (Wildman–Crippen LogP) is 7.73. The highest BCUT2D eigenvalue weighted by Gasteiger charge is 2.41. The van der Waals surface area contributed by atoms with Crippen LogP contribution in [0.3, 0.4) is 0 Å². The van der Waals surface area contributed by atoms with Gasteiger partial charge in [0.2, 0.25) is 0 Å². The van der Waals surface area contributed by atoms with Crippen LogP contribution in [0.15, 0.2) is 35.5 Å². The second-order valence-electron chi connectivity index (χ2n) is 11.5. The number of nitrogens with two attached hydrogens (primary N) is 1. The van der Waals surface area contributed by atoms with Crippen LogP contribution in [0.4, 0.5) is 0 Å². The van der Waals surface area contributed by atoms with Crippen LogP contribution in [0, 0.1) is 35.5 Å². The van der Waals surface area contributed by atoms with Crippen LogP contribution < -0.4 is 5.73 Å². The second-order valence-corrected chi connectivity index (χ2v) is 11.5. The van der Waals surface area contributed by atoms with Crippen LogP contribution in [0.1, 0.15) is 103 Å². The zero-order valence-electron chi connectivity index (χ0n) is 19.3. The van der Waals surface area contributed by atoms with E-state index in [4.69, 9.17) is 12.3 Å². The van der Waals surface area contributed by atoms with Crippen molar-refractivity contribution >= 4 is 0 Å². The lowest BCUT2D eigenvalue weighted by Crippen LogP contribution is -2.37. The fourth-order valence-electron chi connectivity index (χ4n) is 8.33. The molecule has 0 bridgehead atoms. The van der Waals surface area contributed by atoms with Gasteiger partial charge >= 0.3 is 0 Å². The average Bonchev–Trinajstić information content (AvgIpc) is 2.85. The van der Waals surface area contributed by atoms with Gasteiger partial charge in [-0.05, 0) is 100 Å². The predicted molar refractivity (Wildman–Crippen MR) is 128 cm³/mol. The first-order chi connectivity index (χ1) is 14.7. The highest BCUT2D eigenvalue weighted by molar-refractivity contribution is 5.36. The van der Waals surface area contributed by atoms with Crippen LogP contribution >= 0.6 is 0 Å². The Kier molecular flexibility index (Phi) is 6.56. The standard InChI is InChI=1S/C29H45N/c1-20-25(22-11-6-3-7-12-22)16-15-23(21-9-4-2-5-10-21)19-24-13-8-14-27-28(30)18-17-26(20)29(24)27/h6,11,21-26,28H,1-5,7-10,12-19,30H2. The number of hydrogen-bond donors (Lipinski definition) is 1. The first kappa shape index (κ1) is 21.0. The first-order valence-corrected chi connectivity index (χ1v) is 13.6. The first-order valence-electron chi connectivity index (χ1n) is 13.6. The summed E-state index contributed by atoms with van der Waals surface area (Å²) >= 11 is 0. The van der Waals surface area contributed by atoms with Crippen molar-refractivity contribution < 1.29 is 0 Å². The van der Waals surface area contributed by atoms with E-state index in [-0.39, 0.29) is 0 Å². The van der Waals surface area contributed by atoms with Gasteiger partial charge in [0.1, 0.15) is 0 Å². The minimum Gasteiger partial charge on any atom is -0.324 e. The topological polar surface area (TPSA) is 26.0 Å². The Morgan fingerprint density at radius 3 is 2.47 bits per heavy atom. The number of allylic oxidation sites excluding steroid dienone is 4. The Bertz CT molecular complexity index is 678. The smallest absolute Gasteiger partial charge is 0.0256 e. The Hall–Kier alpha value is -0.820. The third-order valence-electron chi connectivity index (χ3n) is 9.88. The lowest BCUT2D eigenvalue weighted by Gasteiger charge is -2.43. The lowest BCUT2D eigenvalue weighted by atomic mass is 9.63. The molecule has 0 aromatic rings. The molecule has 5 aliphatic carbocycles. The Balaban J connectivity index is 1.50. The van der Waals surface area contributed by atoms with Gasteiger partial charge in [-0.15, -0.1) is 0 Å². The monoisotopic (exact) mass is 407 g/mol. The van der Waals surface area contributed by atoms with Crippen molar-refractivity contribution in [3.8, 4) is 0 Å². The molecule has 0 aromatic carbocycles. The van der Waals surface area contributed by atoms with Gasteiger partial charge in [-0.1, -0.05) is 67.6 Å². The third kappa shape index (κ3) is 4.13. The van der Waals surface area contributed by atoms with Crippen molar-refractivity contribution in [2.75, 3.05) is 0 Å². The molecule has 0 heterocycles. The molecule has 30 heavy (non-hydrogen) atoms. The molecule has 6 atom stereocenters. The van der Waals surface area contributed by atoms with Gasteiger partial charge in [0, 0.05) is 12.0 Å². The van der Waals surface area contributed by atoms with E-state index in [0.29, 0.717) is 17.9 Å². The van der Waals surface area contributed by atoms with Gasteiger partial charge in [0.05, 0.1) is 0 Å². The van der Waals surface area contributed by atoms with Crippen LogP contribution in [0.5, 0.6) is 0 Å². The maximum atomic E-state index is 6.72. The normalized spacial score (nSPS) is 41.0. The molecule has 2 saturated carbocycles. The molecule has 166 valence electrons. The zero-order chi connectivity index (χ0) is 20.5. The maximum Gasteiger partial charge on any atom is 0.0256 e. The third-order valence-corrected chi connectivity index (χ3v) is 9.88. The summed E-state index contributed by atoms with van der Waals surface area (Å²) in [5.41, 5.74) is 11.9. The summed E-state index contributed by atoms with van der Waals surface area (Å²) in [5, 5.41) is 0. The highest BCUT2D eigenvalue weighted by Crippen LogP contribution is 2.52. The van der Waals surface area contributed by atoms with Gasteiger partial charge in [0.15, 0.2) is 0 Å². The largest absolute Gasteiger partial charge is 0.324 e. The number of rotatable bonds is 2. The molecule has 0 radical (unpaired) electrons. The fourth-order valence-corrected chi connectivity index (χ4v) is 8.33. The molecule has 0 saturated heterocycles. The molecule has 5 rings (SSSR count). The fraction of sp³-hybridized carbons (Fsp3) is 0.793. The Labute approximate surface area is 185 Å². The molecule has 0 spiro atoms. The van der Waals surface area contributed by atoms with Gasteiger partial charge in [-0.2, -0.15) is 0 Å². The molecule has 5 aliphatic rings. The van der Waals surface area contributed by atoms with Crippen LogP contribution in [0.25, 0.3) is 0 Å². The van der Waals surface area contributed by atoms with E-state index in [9.17, 15) is 0 Å². The van der Waals surface area contributed by atoms with Crippen LogP contribution in [0.2, 0.25) is 0 Å². The summed E-state index contributed by atoms with van der Waals surface area (Å²) < 4.78 is 0. The maximum absolute atomic E-state index is 6.72. The van der Waals surface area contributed by atoms with Crippen molar-refractivity contribution in [1.29, 1.82) is 0 Å². The van der Waals surface area contributed by atoms with E-state index in [1.54, 1.807) is 11.1 Å². The van der Waals surface area contributed by atoms with Gasteiger partial charge in [-0.3, -0.25) is 0 Å². The van der Waals surface area contributed by atoms with Crippen LogP contribution in [-0.4, -0.2) is 6.04 Å². The Morgan fingerprint density at radius 2 is 1.67 bits per heavy atom. The van der Waals surface area contributed by atoms with Crippen molar-refractivity contribution in [3.63, 3.8) is 0 Å². The summed E-state index contributed by atoms with van der Waals surface area (Å²) in [4.78, 5) is 0. The van der Waals surface area contributed by atoms with Gasteiger partial charge in [-0.25, -0.2) is 0 Å². The van der Waals surface area contributed by atoms with E-state index >= 15 is 0 Å². The van der Waals surface area contributed by atoms with E-state index in [1.165, 1.54) is 103 Å². The van der Waals surface area contributed by atoms with Gasteiger partial charge in [0.25, 0.3) is 0 Å². The molecule has 6 unspecified atom stereocenters. The van der Waals surface area contributed by atoms with Crippen molar-refractivity contribution in [2.45, 2.75) is 109 Å². The minimum absolute atomic E-state index is 0.341. The minimum atomic E-state index is 0.341. The molecular formula is C29H45N. The summed E-state index contributed by atoms with van der Waals surface area (Å²) in [6, 6.07) is 0.341. The van der Waals surface area contributed by atoms with Gasteiger partial charge < -0.3 is 5.73 Å². The second kappa shape index (κ2) is 9.35. The van der Waals surface area contributed by atoms with Crippen molar-refractivity contribution in [2.24, 2.45) is 41.2 Å². The van der Waals surface area contributed by atoms with Crippen molar-refractivity contribution in [1.82, 2.24) is 0 Å². The van der Waals surface area contributed by atoms with E-state index in [2.05, 4.69) is 12.2 Å². The van der Waals surface area contributed by atoms with Crippen LogP contribution in [-0.2, 0) is 0 Å². The molecule has 1 heteroatoms. The lowest BCUT2D eigenvalue weighted by molar-refractivity contribution is 0.189. The molecule has 1 nitrogen and oxygen atoms in total. The van der Waals surface area contributed by atoms with E-state index in [1.807, 2.05) is 5.57 Å². The average molecular weight is 408 g/mol. The molecule has 2 N–H and O–H groups in total. The van der Waals surface area contributed by atoms with E-state index < -0.39 is 0 Å². The summed E-state index contributed by atoms with van der Waals surface area (Å²) in [5.74, 6) is 4.86. The summed E-state index contributed by atoms with van der Waals surface area (Å²) in [6.07, 6.45) is 27.4. The highest BCUT2D eigenvalue weighted by atomic mass is 14.7. The Morgan fingerprint density at radius 1 is 0.800 bits per heavy atom. The molecular weight excluding hydrogens is 362 g/mol. The summed E-state index contributed by atoms with van der Waals surface area (Å²) in [7, 11) is 0.